The van der Waals surface area contributed by atoms with Crippen LogP contribution in [-0.2, 0) is 0 Å². The molecule has 3 nitrogen and oxygen atoms in total. The van der Waals surface area contributed by atoms with Gasteiger partial charge in [-0.25, -0.2) is 0 Å². The van der Waals surface area contributed by atoms with E-state index in [9.17, 15) is 0 Å². The Bertz CT molecular complexity index is 256. The first-order valence-corrected chi connectivity index (χ1v) is 7.23. The van der Waals surface area contributed by atoms with E-state index in [-0.39, 0.29) is 5.54 Å². The van der Waals surface area contributed by atoms with E-state index in [0.29, 0.717) is 5.41 Å². The van der Waals surface area contributed by atoms with Crippen molar-refractivity contribution in [2.45, 2.75) is 45.6 Å². The van der Waals surface area contributed by atoms with Crippen LogP contribution in [0.25, 0.3) is 0 Å². The summed E-state index contributed by atoms with van der Waals surface area (Å²) in [6.45, 7) is 13.9. The maximum atomic E-state index is 6.19. The molecule has 0 aromatic rings. The Morgan fingerprint density at radius 1 is 1.06 bits per heavy atom. The molecule has 0 aromatic carbocycles. The third-order valence-corrected chi connectivity index (χ3v) is 5.41. The molecule has 100 valence electrons. The molecule has 0 amide bonds. The van der Waals surface area contributed by atoms with Gasteiger partial charge in [0, 0.05) is 38.3 Å². The van der Waals surface area contributed by atoms with Crippen LogP contribution in [0.15, 0.2) is 0 Å². The van der Waals surface area contributed by atoms with Crippen LogP contribution in [0.1, 0.15) is 40.0 Å². The van der Waals surface area contributed by atoms with Gasteiger partial charge in [0.15, 0.2) is 0 Å². The summed E-state index contributed by atoms with van der Waals surface area (Å²) < 4.78 is 0. The van der Waals surface area contributed by atoms with Crippen molar-refractivity contribution in [3.63, 3.8) is 0 Å². The van der Waals surface area contributed by atoms with Crippen LogP contribution in [-0.4, -0.2) is 54.6 Å². The van der Waals surface area contributed by atoms with E-state index in [2.05, 4.69) is 30.6 Å². The lowest BCUT2D eigenvalue weighted by Gasteiger charge is -2.52. The maximum Gasteiger partial charge on any atom is 0.0383 e. The lowest BCUT2D eigenvalue weighted by atomic mass is 9.73. The van der Waals surface area contributed by atoms with Crippen LogP contribution >= 0.6 is 0 Å². The fourth-order valence-corrected chi connectivity index (χ4v) is 3.98. The van der Waals surface area contributed by atoms with Gasteiger partial charge in [0.05, 0.1) is 0 Å². The summed E-state index contributed by atoms with van der Waals surface area (Å²) in [4.78, 5) is 5.24. The summed E-state index contributed by atoms with van der Waals surface area (Å²) in [6.07, 6.45) is 3.97. The smallest absolute Gasteiger partial charge is 0.0383 e. The van der Waals surface area contributed by atoms with E-state index in [1.165, 1.54) is 52.0 Å². The summed E-state index contributed by atoms with van der Waals surface area (Å²) in [5.41, 5.74) is 6.84. The molecule has 1 atom stereocenters. The zero-order chi connectivity index (χ0) is 12.5. The predicted octanol–water partition coefficient (Wildman–Crippen LogP) is 1.53. The second kappa shape index (κ2) is 4.87. The van der Waals surface area contributed by atoms with Crippen LogP contribution in [0.2, 0.25) is 0 Å². The predicted molar refractivity (Wildman–Crippen MR) is 73.1 cm³/mol. The Labute approximate surface area is 106 Å². The normalized spacial score (nSPS) is 35.3. The first kappa shape index (κ1) is 13.3. The van der Waals surface area contributed by atoms with E-state index in [0.717, 1.165) is 6.54 Å². The van der Waals surface area contributed by atoms with Crippen molar-refractivity contribution in [2.75, 3.05) is 39.3 Å². The Morgan fingerprint density at radius 2 is 1.71 bits per heavy atom. The lowest BCUT2D eigenvalue weighted by Crippen LogP contribution is -2.64. The van der Waals surface area contributed by atoms with Gasteiger partial charge < -0.3 is 10.6 Å². The highest BCUT2D eigenvalue weighted by Crippen LogP contribution is 2.49. The molecular formula is C14H29N3. The number of likely N-dealkylation sites (N-methyl/N-ethyl adjacent to an activating group) is 1. The largest absolute Gasteiger partial charge is 0.329 e. The molecule has 1 unspecified atom stereocenters. The molecule has 0 radical (unpaired) electrons. The van der Waals surface area contributed by atoms with E-state index in [4.69, 9.17) is 5.73 Å². The fraction of sp³-hybridized carbons (Fsp3) is 1.00. The SMILES string of the molecule is CCN1CCN(C2(CN)CCCC2(C)C)CC1. The molecule has 1 heterocycles. The van der Waals surface area contributed by atoms with Crippen molar-refractivity contribution in [2.24, 2.45) is 11.1 Å². The van der Waals surface area contributed by atoms with Gasteiger partial charge in [-0.2, -0.15) is 0 Å². The zero-order valence-electron chi connectivity index (χ0n) is 11.8. The topological polar surface area (TPSA) is 32.5 Å². The van der Waals surface area contributed by atoms with Gasteiger partial charge in [0.1, 0.15) is 0 Å². The number of hydrogen-bond donors (Lipinski definition) is 1. The van der Waals surface area contributed by atoms with Crippen LogP contribution in [0.4, 0.5) is 0 Å². The van der Waals surface area contributed by atoms with E-state index < -0.39 is 0 Å². The third-order valence-electron chi connectivity index (χ3n) is 5.41. The first-order valence-electron chi connectivity index (χ1n) is 7.23. The van der Waals surface area contributed by atoms with E-state index >= 15 is 0 Å². The van der Waals surface area contributed by atoms with Gasteiger partial charge in [-0.15, -0.1) is 0 Å². The maximum absolute atomic E-state index is 6.19. The molecule has 2 rings (SSSR count). The number of nitrogens with two attached hydrogens (primary N) is 1. The van der Waals surface area contributed by atoms with Gasteiger partial charge >= 0.3 is 0 Å². The van der Waals surface area contributed by atoms with Crippen molar-refractivity contribution < 1.29 is 0 Å². The molecule has 0 spiro atoms. The van der Waals surface area contributed by atoms with Crippen molar-refractivity contribution in [1.29, 1.82) is 0 Å². The summed E-state index contributed by atoms with van der Waals surface area (Å²) >= 11 is 0. The third kappa shape index (κ3) is 2.13. The summed E-state index contributed by atoms with van der Waals surface area (Å²) in [7, 11) is 0. The lowest BCUT2D eigenvalue weighted by molar-refractivity contribution is -0.0189. The van der Waals surface area contributed by atoms with Gasteiger partial charge in [-0.3, -0.25) is 4.90 Å². The highest BCUT2D eigenvalue weighted by molar-refractivity contribution is 5.07. The Hall–Kier alpha value is -0.120. The van der Waals surface area contributed by atoms with Crippen LogP contribution in [0.5, 0.6) is 0 Å². The number of hydrogen-bond acceptors (Lipinski definition) is 3. The van der Waals surface area contributed by atoms with E-state index in [1.54, 1.807) is 0 Å². The van der Waals surface area contributed by atoms with Crippen molar-refractivity contribution >= 4 is 0 Å². The molecule has 2 aliphatic rings. The van der Waals surface area contributed by atoms with Crippen molar-refractivity contribution in [3.05, 3.63) is 0 Å². The number of nitrogens with zero attached hydrogens (tertiary/aromatic N) is 2. The molecule has 2 fully saturated rings. The highest BCUT2D eigenvalue weighted by Gasteiger charge is 2.51. The molecule has 1 aliphatic carbocycles. The average Bonchev–Trinajstić information content (AvgIpc) is 2.65. The Morgan fingerprint density at radius 3 is 2.12 bits per heavy atom. The molecule has 0 bridgehead atoms. The highest BCUT2D eigenvalue weighted by atomic mass is 15.3. The molecule has 17 heavy (non-hydrogen) atoms. The second-order valence-corrected chi connectivity index (χ2v) is 6.39. The minimum Gasteiger partial charge on any atom is -0.329 e. The Kier molecular flexibility index (Phi) is 3.81. The number of piperazine rings is 1. The Balaban J connectivity index is 2.09. The first-order chi connectivity index (χ1) is 8.05. The fourth-order valence-electron chi connectivity index (χ4n) is 3.98. The summed E-state index contributed by atoms with van der Waals surface area (Å²) in [5, 5.41) is 0. The second-order valence-electron chi connectivity index (χ2n) is 6.39. The van der Waals surface area contributed by atoms with Gasteiger partial charge in [0.25, 0.3) is 0 Å². The van der Waals surface area contributed by atoms with Crippen LogP contribution in [0.3, 0.4) is 0 Å². The molecule has 3 heteroatoms. The summed E-state index contributed by atoms with van der Waals surface area (Å²) in [6, 6.07) is 0. The average molecular weight is 239 g/mol. The zero-order valence-corrected chi connectivity index (χ0v) is 11.8. The van der Waals surface area contributed by atoms with Crippen LogP contribution < -0.4 is 5.73 Å². The quantitative estimate of drug-likeness (QED) is 0.811. The molecule has 1 aliphatic heterocycles. The van der Waals surface area contributed by atoms with Gasteiger partial charge in [-0.1, -0.05) is 27.2 Å². The van der Waals surface area contributed by atoms with Crippen molar-refractivity contribution in [1.82, 2.24) is 9.80 Å². The minimum atomic E-state index is 0.271. The minimum absolute atomic E-state index is 0.271. The molecular weight excluding hydrogens is 210 g/mol. The molecule has 1 saturated carbocycles. The molecule has 2 N–H and O–H groups in total. The van der Waals surface area contributed by atoms with Crippen LogP contribution in [0, 0.1) is 5.41 Å². The monoisotopic (exact) mass is 239 g/mol. The van der Waals surface area contributed by atoms with Crippen molar-refractivity contribution in [3.8, 4) is 0 Å². The van der Waals surface area contributed by atoms with E-state index in [1.807, 2.05) is 0 Å². The van der Waals surface area contributed by atoms with Gasteiger partial charge in [-0.05, 0) is 24.8 Å². The number of rotatable bonds is 3. The van der Waals surface area contributed by atoms with Gasteiger partial charge in [0.2, 0.25) is 0 Å². The summed E-state index contributed by atoms with van der Waals surface area (Å²) in [5.74, 6) is 0. The molecule has 1 saturated heterocycles. The standard InChI is InChI=1S/C14H29N3/c1-4-16-8-10-17(11-9-16)14(12-15)7-5-6-13(14,2)3/h4-12,15H2,1-3H3. The molecule has 0 aromatic heterocycles.